The summed E-state index contributed by atoms with van der Waals surface area (Å²) in [4.78, 5) is 23.2. The number of nitrogens with zero attached hydrogens (tertiary/aromatic N) is 6. The Balaban J connectivity index is 1.70. The summed E-state index contributed by atoms with van der Waals surface area (Å²) in [5.41, 5.74) is 4.29. The molecule has 37 heavy (non-hydrogen) atoms. The number of methoxy groups -OCH3 is 1. The van der Waals surface area contributed by atoms with Gasteiger partial charge in [0.2, 0.25) is 0 Å². The number of hydrogen-bond donors (Lipinski definition) is 1. The first kappa shape index (κ1) is 24.5. The van der Waals surface area contributed by atoms with Gasteiger partial charge in [-0.1, -0.05) is 17.7 Å². The van der Waals surface area contributed by atoms with Crippen molar-refractivity contribution >= 4 is 10.9 Å². The van der Waals surface area contributed by atoms with E-state index in [9.17, 15) is 4.79 Å². The van der Waals surface area contributed by atoms with Crippen molar-refractivity contribution in [2.24, 2.45) is 0 Å². The van der Waals surface area contributed by atoms with Crippen molar-refractivity contribution < 1.29 is 9.15 Å². The Morgan fingerprint density at radius 1 is 1.16 bits per heavy atom. The molecule has 0 saturated carbocycles. The number of hydrogen-bond acceptors (Lipinski definition) is 8. The Labute approximate surface area is 213 Å². The molecule has 0 aliphatic heterocycles. The van der Waals surface area contributed by atoms with Gasteiger partial charge in [-0.2, -0.15) is 0 Å². The maximum absolute atomic E-state index is 13.7. The number of pyridine rings is 2. The third kappa shape index (κ3) is 5.35. The summed E-state index contributed by atoms with van der Waals surface area (Å²) in [5, 5.41) is 13.5. The minimum Gasteiger partial charge on any atom is -0.468 e. The SMILES string of the molecule is COCCn1nnnc1[C@@H](c1cc2cc(C)cc(C)c2[nH]c1=O)N(Cc1cccnc1)Cc1ccco1. The zero-order chi connectivity index (χ0) is 25.8. The van der Waals surface area contributed by atoms with E-state index in [1.54, 1.807) is 24.3 Å². The normalized spacial score (nSPS) is 12.4. The molecule has 0 spiro atoms. The highest BCUT2D eigenvalue weighted by Gasteiger charge is 2.31. The Hall–Kier alpha value is -4.15. The molecule has 0 bridgehead atoms. The molecule has 10 heteroatoms. The quantitative estimate of drug-likeness (QED) is 0.310. The van der Waals surface area contributed by atoms with E-state index in [1.165, 1.54) is 0 Å². The van der Waals surface area contributed by atoms with Gasteiger partial charge in [-0.25, -0.2) is 4.68 Å². The standard InChI is InChI=1S/C27H29N7O3/c1-18-12-19(2)24-21(13-18)14-23(27(35)29-24)25(26-30-31-32-34(26)9-11-36-3)33(17-22-7-5-10-37-22)16-20-6-4-8-28-15-20/h4-8,10,12-15,25H,9,11,16-17H2,1-3H3,(H,29,35)/t25-/m1/s1. The molecule has 10 nitrogen and oxygen atoms in total. The van der Waals surface area contributed by atoms with Gasteiger partial charge in [0.05, 0.1) is 31.5 Å². The number of fused-ring (bicyclic) bond motifs is 1. The largest absolute Gasteiger partial charge is 0.468 e. The topological polar surface area (TPSA) is 115 Å². The number of aromatic amines is 1. The van der Waals surface area contributed by atoms with Gasteiger partial charge in [0.1, 0.15) is 11.8 Å². The molecule has 1 N–H and O–H groups in total. The lowest BCUT2D eigenvalue weighted by atomic mass is 10.00. The third-order valence-corrected chi connectivity index (χ3v) is 6.34. The van der Waals surface area contributed by atoms with Gasteiger partial charge in [0, 0.05) is 31.6 Å². The molecule has 4 heterocycles. The average Bonchev–Trinajstić information content (AvgIpc) is 3.57. The summed E-state index contributed by atoms with van der Waals surface area (Å²) < 4.78 is 12.7. The smallest absolute Gasteiger partial charge is 0.253 e. The molecular weight excluding hydrogens is 470 g/mol. The number of aryl methyl sites for hydroxylation is 2. The summed E-state index contributed by atoms with van der Waals surface area (Å²) in [7, 11) is 1.63. The van der Waals surface area contributed by atoms with Crippen molar-refractivity contribution in [1.82, 2.24) is 35.1 Å². The molecule has 1 atom stereocenters. The van der Waals surface area contributed by atoms with Crippen molar-refractivity contribution in [2.75, 3.05) is 13.7 Å². The zero-order valence-corrected chi connectivity index (χ0v) is 21.1. The van der Waals surface area contributed by atoms with Crippen molar-refractivity contribution in [3.8, 4) is 0 Å². The van der Waals surface area contributed by atoms with E-state index in [2.05, 4.69) is 42.5 Å². The van der Waals surface area contributed by atoms with Crippen LogP contribution in [0.5, 0.6) is 0 Å². The van der Waals surface area contributed by atoms with E-state index in [0.717, 1.165) is 33.4 Å². The number of aromatic nitrogens is 6. The third-order valence-electron chi connectivity index (χ3n) is 6.34. The van der Waals surface area contributed by atoms with Crippen LogP contribution < -0.4 is 5.56 Å². The molecule has 0 amide bonds. The molecule has 0 fully saturated rings. The van der Waals surface area contributed by atoms with E-state index in [0.29, 0.717) is 37.6 Å². The second kappa shape index (κ2) is 10.9. The highest BCUT2D eigenvalue weighted by atomic mass is 16.5. The fourth-order valence-electron chi connectivity index (χ4n) is 4.72. The Morgan fingerprint density at radius 3 is 2.81 bits per heavy atom. The lowest BCUT2D eigenvalue weighted by molar-refractivity contribution is 0.163. The van der Waals surface area contributed by atoms with E-state index in [4.69, 9.17) is 9.15 Å². The molecule has 4 aromatic heterocycles. The Morgan fingerprint density at radius 2 is 2.05 bits per heavy atom. The summed E-state index contributed by atoms with van der Waals surface area (Å²) in [6.45, 7) is 5.83. The van der Waals surface area contributed by atoms with Gasteiger partial charge in [0.15, 0.2) is 5.82 Å². The summed E-state index contributed by atoms with van der Waals surface area (Å²) in [5.74, 6) is 1.30. The number of H-pyrrole nitrogens is 1. The first-order chi connectivity index (χ1) is 18.0. The van der Waals surface area contributed by atoms with Crippen LogP contribution >= 0.6 is 0 Å². The van der Waals surface area contributed by atoms with Crippen LogP contribution in [0.15, 0.2) is 70.3 Å². The van der Waals surface area contributed by atoms with Crippen molar-refractivity contribution in [2.45, 2.75) is 39.5 Å². The Kier molecular flexibility index (Phi) is 7.20. The van der Waals surface area contributed by atoms with E-state index < -0.39 is 6.04 Å². The zero-order valence-electron chi connectivity index (χ0n) is 21.1. The lowest BCUT2D eigenvalue weighted by Gasteiger charge is -2.30. The van der Waals surface area contributed by atoms with Crippen LogP contribution in [0.1, 0.15) is 39.9 Å². The number of furan rings is 1. The number of nitrogens with one attached hydrogen (secondary N) is 1. The molecule has 190 valence electrons. The molecule has 0 aliphatic carbocycles. The minimum absolute atomic E-state index is 0.193. The molecule has 0 unspecified atom stereocenters. The highest BCUT2D eigenvalue weighted by Crippen LogP contribution is 2.30. The van der Waals surface area contributed by atoms with Crippen molar-refractivity contribution in [1.29, 1.82) is 0 Å². The van der Waals surface area contributed by atoms with Gasteiger partial charge >= 0.3 is 0 Å². The van der Waals surface area contributed by atoms with Crippen LogP contribution in [-0.4, -0.2) is 48.8 Å². The molecule has 1 aromatic carbocycles. The molecule has 0 saturated heterocycles. The van der Waals surface area contributed by atoms with E-state index in [-0.39, 0.29) is 5.56 Å². The van der Waals surface area contributed by atoms with Crippen LogP contribution in [0.4, 0.5) is 0 Å². The molecule has 5 rings (SSSR count). The predicted molar refractivity (Wildman–Crippen MR) is 138 cm³/mol. The summed E-state index contributed by atoms with van der Waals surface area (Å²) in [6.07, 6.45) is 5.20. The molecule has 0 aliphatic rings. The maximum Gasteiger partial charge on any atom is 0.253 e. The molecular formula is C27H29N7O3. The number of ether oxygens (including phenoxy) is 1. The van der Waals surface area contributed by atoms with Crippen molar-refractivity contribution in [3.63, 3.8) is 0 Å². The van der Waals surface area contributed by atoms with Gasteiger partial charge < -0.3 is 14.1 Å². The van der Waals surface area contributed by atoms with Crippen LogP contribution in [0.3, 0.4) is 0 Å². The fourth-order valence-corrected chi connectivity index (χ4v) is 4.72. The van der Waals surface area contributed by atoms with Gasteiger partial charge in [0.25, 0.3) is 5.56 Å². The summed E-state index contributed by atoms with van der Waals surface area (Å²) in [6, 6.07) is 13.2. The van der Waals surface area contributed by atoms with Crippen molar-refractivity contribution in [3.05, 3.63) is 105 Å². The van der Waals surface area contributed by atoms with E-state index in [1.807, 2.05) is 50.4 Å². The second-order valence-electron chi connectivity index (χ2n) is 9.10. The minimum atomic E-state index is -0.578. The van der Waals surface area contributed by atoms with Crippen LogP contribution in [0.2, 0.25) is 0 Å². The first-order valence-corrected chi connectivity index (χ1v) is 12.1. The van der Waals surface area contributed by atoms with Gasteiger partial charge in [-0.3, -0.25) is 14.7 Å². The monoisotopic (exact) mass is 499 g/mol. The van der Waals surface area contributed by atoms with Gasteiger partial charge in [-0.15, -0.1) is 5.10 Å². The summed E-state index contributed by atoms with van der Waals surface area (Å²) >= 11 is 0. The average molecular weight is 500 g/mol. The number of benzene rings is 1. The molecule has 5 aromatic rings. The second-order valence-corrected chi connectivity index (χ2v) is 9.10. The number of tetrazole rings is 1. The van der Waals surface area contributed by atoms with E-state index >= 15 is 0 Å². The fraction of sp³-hybridized carbons (Fsp3) is 0.296. The Bertz CT molecular complexity index is 1530. The number of rotatable bonds is 10. The predicted octanol–water partition coefficient (Wildman–Crippen LogP) is 3.56. The highest BCUT2D eigenvalue weighted by molar-refractivity contribution is 5.83. The maximum atomic E-state index is 13.7. The first-order valence-electron chi connectivity index (χ1n) is 12.1. The lowest BCUT2D eigenvalue weighted by Crippen LogP contribution is -2.35. The molecule has 0 radical (unpaired) electrons. The van der Waals surface area contributed by atoms with Crippen LogP contribution in [-0.2, 0) is 24.4 Å². The van der Waals surface area contributed by atoms with Gasteiger partial charge in [-0.05, 0) is 71.1 Å². The van der Waals surface area contributed by atoms with Crippen LogP contribution in [0, 0.1) is 13.8 Å². The van der Waals surface area contributed by atoms with Crippen LogP contribution in [0.25, 0.3) is 10.9 Å².